The van der Waals surface area contributed by atoms with Gasteiger partial charge in [-0.05, 0) is 32.9 Å². The van der Waals surface area contributed by atoms with Gasteiger partial charge in [0.2, 0.25) is 5.91 Å². The normalized spacial score (nSPS) is 11.1. The molecule has 0 unspecified atom stereocenters. The molecule has 0 spiro atoms. The lowest BCUT2D eigenvalue weighted by Crippen LogP contribution is -2.40. The molecule has 2 heterocycles. The lowest BCUT2D eigenvalue weighted by atomic mass is 10.3. The molecule has 2 aromatic rings. The van der Waals surface area contributed by atoms with Gasteiger partial charge in [-0.25, -0.2) is 4.98 Å². The number of imidazole rings is 1. The Morgan fingerprint density at radius 3 is 2.86 bits per heavy atom. The van der Waals surface area contributed by atoms with Crippen molar-refractivity contribution < 1.29 is 4.79 Å². The van der Waals surface area contributed by atoms with E-state index in [2.05, 4.69) is 10.3 Å². The molecule has 0 atom stereocenters. The number of carbonyl (C=O) groups excluding carboxylic acids is 1. The number of anilines is 1. The van der Waals surface area contributed by atoms with Crippen LogP contribution < -0.4 is 16.0 Å². The van der Waals surface area contributed by atoms with Crippen molar-refractivity contribution in [3.63, 3.8) is 0 Å². The first kappa shape index (κ1) is 15.3. The maximum absolute atomic E-state index is 12.0. The first-order chi connectivity index (χ1) is 10.1. The van der Waals surface area contributed by atoms with Crippen molar-refractivity contribution in [2.75, 3.05) is 18.0 Å². The van der Waals surface area contributed by atoms with Gasteiger partial charge < -0.3 is 20.4 Å². The van der Waals surface area contributed by atoms with Crippen molar-refractivity contribution in [3.8, 4) is 0 Å². The van der Waals surface area contributed by atoms with Crippen LogP contribution in [0.15, 0.2) is 24.4 Å². The minimum atomic E-state index is -0.00752. The van der Waals surface area contributed by atoms with E-state index in [1.807, 2.05) is 54.5 Å². The predicted molar refractivity (Wildman–Crippen MR) is 84.2 cm³/mol. The minimum absolute atomic E-state index is 0.00752. The van der Waals surface area contributed by atoms with Crippen molar-refractivity contribution in [1.82, 2.24) is 14.7 Å². The minimum Gasteiger partial charge on any atom is -0.352 e. The number of aromatic nitrogens is 2. The molecule has 1 amide bonds. The van der Waals surface area contributed by atoms with Crippen LogP contribution in [0, 0.1) is 0 Å². The second-order valence-electron chi connectivity index (χ2n) is 5.25. The summed E-state index contributed by atoms with van der Waals surface area (Å²) in [5.41, 5.74) is 7.64. The van der Waals surface area contributed by atoms with E-state index in [9.17, 15) is 4.79 Å². The summed E-state index contributed by atoms with van der Waals surface area (Å²) < 4.78 is 1.97. The number of nitrogens with zero attached hydrogens (tertiary/aromatic N) is 3. The third-order valence-corrected chi connectivity index (χ3v) is 3.27. The van der Waals surface area contributed by atoms with E-state index in [1.54, 1.807) is 0 Å². The fourth-order valence-corrected chi connectivity index (χ4v) is 2.35. The zero-order valence-corrected chi connectivity index (χ0v) is 12.8. The zero-order valence-electron chi connectivity index (χ0n) is 12.8. The summed E-state index contributed by atoms with van der Waals surface area (Å²) >= 11 is 0. The Hall–Kier alpha value is -2.08. The maximum Gasteiger partial charge on any atom is 0.239 e. The Labute approximate surface area is 124 Å². The number of likely N-dealkylation sites (N-methyl/N-ethyl adjacent to an activating group) is 1. The number of nitrogens with two attached hydrogens (primary N) is 1. The quantitative estimate of drug-likeness (QED) is 0.836. The summed E-state index contributed by atoms with van der Waals surface area (Å²) in [6.45, 7) is 7.26. The first-order valence-corrected chi connectivity index (χ1v) is 7.27. The summed E-state index contributed by atoms with van der Waals surface area (Å²) in [4.78, 5) is 18.6. The van der Waals surface area contributed by atoms with Gasteiger partial charge in [0.05, 0.1) is 12.2 Å². The summed E-state index contributed by atoms with van der Waals surface area (Å²) in [5, 5.41) is 2.90. The highest BCUT2D eigenvalue weighted by Gasteiger charge is 2.18. The molecule has 0 aliphatic carbocycles. The van der Waals surface area contributed by atoms with Gasteiger partial charge in [-0.15, -0.1) is 0 Å². The van der Waals surface area contributed by atoms with Crippen LogP contribution in [0.2, 0.25) is 0 Å². The molecule has 3 N–H and O–H groups in total. The Morgan fingerprint density at radius 1 is 1.48 bits per heavy atom. The summed E-state index contributed by atoms with van der Waals surface area (Å²) in [6, 6.07) is 5.95. The molecule has 114 valence electrons. The lowest BCUT2D eigenvalue weighted by molar-refractivity contribution is -0.120. The fraction of sp³-hybridized carbons (Fsp3) is 0.467. The molecule has 6 nitrogen and oxygen atoms in total. The zero-order chi connectivity index (χ0) is 15.4. The third-order valence-electron chi connectivity index (χ3n) is 3.27. The number of amides is 1. The van der Waals surface area contributed by atoms with Gasteiger partial charge in [-0.3, -0.25) is 4.79 Å². The van der Waals surface area contributed by atoms with E-state index < -0.39 is 0 Å². The smallest absolute Gasteiger partial charge is 0.239 e. The molecule has 2 aromatic heterocycles. The molecular formula is C15H23N5O. The van der Waals surface area contributed by atoms with E-state index in [4.69, 9.17) is 5.73 Å². The first-order valence-electron chi connectivity index (χ1n) is 7.27. The second-order valence-corrected chi connectivity index (χ2v) is 5.25. The molecular weight excluding hydrogens is 266 g/mol. The van der Waals surface area contributed by atoms with Gasteiger partial charge in [0, 0.05) is 25.3 Å². The number of fused-ring (bicyclic) bond motifs is 1. The highest BCUT2D eigenvalue weighted by molar-refractivity contribution is 5.81. The number of nitrogens with one attached hydrogen (secondary N) is 1. The van der Waals surface area contributed by atoms with Gasteiger partial charge in [0.15, 0.2) is 5.82 Å². The number of hydrogen-bond donors (Lipinski definition) is 2. The Kier molecular flexibility index (Phi) is 4.80. The predicted octanol–water partition coefficient (Wildman–Crippen LogP) is 1.14. The van der Waals surface area contributed by atoms with Crippen LogP contribution in [0.3, 0.4) is 0 Å². The number of carbonyl (C=O) groups is 1. The summed E-state index contributed by atoms with van der Waals surface area (Å²) in [5.74, 6) is 0.775. The Morgan fingerprint density at radius 2 is 2.24 bits per heavy atom. The van der Waals surface area contributed by atoms with Gasteiger partial charge >= 0.3 is 0 Å². The van der Waals surface area contributed by atoms with E-state index in [0.29, 0.717) is 13.1 Å². The van der Waals surface area contributed by atoms with Crippen LogP contribution in [-0.2, 0) is 11.3 Å². The molecule has 0 saturated carbocycles. The fourth-order valence-electron chi connectivity index (χ4n) is 2.35. The standard InChI is InChI=1S/C15H23N5O/c1-4-19(10-14(21)17-11(2)3)15-12(9-16)20-8-6-5-7-13(20)18-15/h5-8,11H,4,9-10,16H2,1-3H3,(H,17,21). The van der Waals surface area contributed by atoms with Crippen LogP contribution in [0.25, 0.3) is 5.65 Å². The van der Waals surface area contributed by atoms with Crippen LogP contribution >= 0.6 is 0 Å². The van der Waals surface area contributed by atoms with Gasteiger partial charge in [0.1, 0.15) is 5.65 Å². The van der Waals surface area contributed by atoms with E-state index in [0.717, 1.165) is 17.2 Å². The third kappa shape index (κ3) is 3.33. The summed E-state index contributed by atoms with van der Waals surface area (Å²) in [7, 11) is 0. The molecule has 0 aliphatic heterocycles. The highest BCUT2D eigenvalue weighted by atomic mass is 16.2. The number of rotatable bonds is 6. The van der Waals surface area contributed by atoms with Crippen LogP contribution in [-0.4, -0.2) is 34.4 Å². The van der Waals surface area contributed by atoms with E-state index in [1.165, 1.54) is 0 Å². The Balaban J connectivity index is 2.31. The average molecular weight is 289 g/mol. The molecule has 6 heteroatoms. The molecule has 0 fully saturated rings. The molecule has 21 heavy (non-hydrogen) atoms. The van der Waals surface area contributed by atoms with E-state index in [-0.39, 0.29) is 18.5 Å². The van der Waals surface area contributed by atoms with Crippen LogP contribution in [0.4, 0.5) is 5.82 Å². The van der Waals surface area contributed by atoms with Gasteiger partial charge in [-0.2, -0.15) is 0 Å². The number of pyridine rings is 1. The van der Waals surface area contributed by atoms with Crippen molar-refractivity contribution in [3.05, 3.63) is 30.1 Å². The van der Waals surface area contributed by atoms with E-state index >= 15 is 0 Å². The van der Waals surface area contributed by atoms with Crippen LogP contribution in [0.5, 0.6) is 0 Å². The summed E-state index contributed by atoms with van der Waals surface area (Å²) in [6.07, 6.45) is 1.94. The van der Waals surface area contributed by atoms with Crippen molar-refractivity contribution in [1.29, 1.82) is 0 Å². The van der Waals surface area contributed by atoms with Gasteiger partial charge in [0.25, 0.3) is 0 Å². The molecule has 0 aromatic carbocycles. The second kappa shape index (κ2) is 6.58. The molecule has 0 bridgehead atoms. The van der Waals surface area contributed by atoms with Crippen molar-refractivity contribution in [2.45, 2.75) is 33.4 Å². The molecule has 0 radical (unpaired) electrons. The monoisotopic (exact) mass is 289 g/mol. The van der Waals surface area contributed by atoms with Gasteiger partial charge in [-0.1, -0.05) is 6.07 Å². The molecule has 0 aliphatic rings. The molecule has 0 saturated heterocycles. The maximum atomic E-state index is 12.0. The highest BCUT2D eigenvalue weighted by Crippen LogP contribution is 2.21. The average Bonchev–Trinajstić information content (AvgIpc) is 2.82. The lowest BCUT2D eigenvalue weighted by Gasteiger charge is -2.22. The molecule has 2 rings (SSSR count). The van der Waals surface area contributed by atoms with Crippen molar-refractivity contribution >= 4 is 17.4 Å². The topological polar surface area (TPSA) is 75.7 Å². The van der Waals surface area contributed by atoms with Crippen LogP contribution in [0.1, 0.15) is 26.5 Å². The largest absolute Gasteiger partial charge is 0.352 e. The Bertz CT molecular complexity index is 620. The SMILES string of the molecule is CCN(CC(=O)NC(C)C)c1nc2ccccn2c1CN. The number of hydrogen-bond acceptors (Lipinski definition) is 4. The van der Waals surface area contributed by atoms with Crippen molar-refractivity contribution in [2.24, 2.45) is 5.73 Å².